The Morgan fingerprint density at radius 2 is 1.12 bits per heavy atom. The van der Waals surface area contributed by atoms with Crippen molar-refractivity contribution >= 4 is 39.6 Å². The summed E-state index contributed by atoms with van der Waals surface area (Å²) in [6, 6.07) is 40.8. The van der Waals surface area contributed by atoms with Gasteiger partial charge in [-0.1, -0.05) is 100 Å². The number of hydrogen-bond acceptors (Lipinski definition) is 2. The van der Waals surface area contributed by atoms with Crippen molar-refractivity contribution < 1.29 is 0 Å². The molecule has 1 aliphatic heterocycles. The Labute approximate surface area is 212 Å². The van der Waals surface area contributed by atoms with E-state index in [1.54, 1.807) is 11.8 Å². The number of para-hydroxylation sites is 1. The summed E-state index contributed by atoms with van der Waals surface area (Å²) in [6.45, 7) is 0. The van der Waals surface area contributed by atoms with Crippen molar-refractivity contribution in [1.29, 1.82) is 0 Å². The van der Waals surface area contributed by atoms with Crippen LogP contribution in [-0.4, -0.2) is 6.21 Å². The third kappa shape index (κ3) is 4.13. The standard InChI is InChI=1S/C31H20BrNS/c32-26-12-5-10-24(19-26)22-8-3-7-21(17-22)23-9-4-11-25(18-23)27-13-6-16-30-28(27)20-33-29-14-1-2-15-31(29)34-30/h1-20H. The SMILES string of the molecule is Brc1cccc(-c2cccc(-c3cccc(-c4cccc5c4C=Nc4ccccc4S5)c3)c2)c1. The number of benzene rings is 5. The van der Waals surface area contributed by atoms with Gasteiger partial charge in [0.2, 0.25) is 0 Å². The highest BCUT2D eigenvalue weighted by Gasteiger charge is 2.15. The number of rotatable bonds is 3. The fourth-order valence-electron chi connectivity index (χ4n) is 4.33. The van der Waals surface area contributed by atoms with E-state index in [2.05, 4.69) is 125 Å². The first-order chi connectivity index (χ1) is 16.7. The highest BCUT2D eigenvalue weighted by Crippen LogP contribution is 2.42. The molecule has 0 radical (unpaired) electrons. The minimum Gasteiger partial charge on any atom is -0.255 e. The second-order valence-electron chi connectivity index (χ2n) is 8.22. The molecule has 0 aromatic heterocycles. The maximum atomic E-state index is 4.80. The summed E-state index contributed by atoms with van der Waals surface area (Å²) in [5, 5.41) is 0. The zero-order valence-electron chi connectivity index (χ0n) is 18.3. The Hall–Kier alpha value is -3.40. The van der Waals surface area contributed by atoms with Crippen LogP contribution in [0.2, 0.25) is 0 Å². The third-order valence-corrected chi connectivity index (χ3v) is 7.65. The third-order valence-electron chi connectivity index (χ3n) is 6.01. The summed E-state index contributed by atoms with van der Waals surface area (Å²) in [4.78, 5) is 7.22. The van der Waals surface area contributed by atoms with Gasteiger partial charge < -0.3 is 0 Å². The Balaban J connectivity index is 1.41. The summed E-state index contributed by atoms with van der Waals surface area (Å²) in [6.07, 6.45) is 2.02. The molecule has 3 heteroatoms. The van der Waals surface area contributed by atoms with Crippen LogP contribution < -0.4 is 0 Å². The fraction of sp³-hybridized carbons (Fsp3) is 0. The van der Waals surface area contributed by atoms with Crippen LogP contribution in [0.25, 0.3) is 33.4 Å². The summed E-state index contributed by atoms with van der Waals surface area (Å²) in [7, 11) is 0. The number of hydrogen-bond donors (Lipinski definition) is 0. The van der Waals surface area contributed by atoms with Gasteiger partial charge >= 0.3 is 0 Å². The highest BCUT2D eigenvalue weighted by atomic mass is 79.9. The van der Waals surface area contributed by atoms with Crippen LogP contribution in [-0.2, 0) is 0 Å². The molecule has 34 heavy (non-hydrogen) atoms. The van der Waals surface area contributed by atoms with E-state index in [0.717, 1.165) is 10.2 Å². The van der Waals surface area contributed by atoms with E-state index in [1.165, 1.54) is 48.7 Å². The average Bonchev–Trinajstić information content (AvgIpc) is 3.08. The summed E-state index contributed by atoms with van der Waals surface area (Å²) >= 11 is 5.38. The zero-order valence-corrected chi connectivity index (χ0v) is 20.7. The minimum atomic E-state index is 1.02. The number of halogens is 1. The second-order valence-corrected chi connectivity index (χ2v) is 10.2. The van der Waals surface area contributed by atoms with E-state index in [1.807, 2.05) is 12.3 Å². The van der Waals surface area contributed by atoms with Crippen LogP contribution in [0.4, 0.5) is 5.69 Å². The minimum absolute atomic E-state index is 1.02. The Morgan fingerprint density at radius 1 is 0.529 bits per heavy atom. The molecule has 0 fully saturated rings. The molecule has 1 aliphatic rings. The first-order valence-electron chi connectivity index (χ1n) is 11.2. The number of aliphatic imine (C=N–C) groups is 1. The molecule has 1 heterocycles. The van der Waals surface area contributed by atoms with E-state index in [-0.39, 0.29) is 0 Å². The normalized spacial score (nSPS) is 12.0. The largest absolute Gasteiger partial charge is 0.255 e. The van der Waals surface area contributed by atoms with Gasteiger partial charge in [-0.2, -0.15) is 0 Å². The predicted molar refractivity (Wildman–Crippen MR) is 148 cm³/mol. The molecule has 0 aliphatic carbocycles. The Bertz CT molecular complexity index is 1550. The van der Waals surface area contributed by atoms with E-state index in [9.17, 15) is 0 Å². The molecule has 0 N–H and O–H groups in total. The van der Waals surface area contributed by atoms with Gasteiger partial charge in [-0.15, -0.1) is 0 Å². The summed E-state index contributed by atoms with van der Waals surface area (Å²) in [5.41, 5.74) is 9.40. The molecule has 5 aromatic carbocycles. The van der Waals surface area contributed by atoms with Gasteiger partial charge in [-0.25, -0.2) is 0 Å². The van der Waals surface area contributed by atoms with Crippen LogP contribution in [0.5, 0.6) is 0 Å². The van der Waals surface area contributed by atoms with Crippen molar-refractivity contribution in [1.82, 2.24) is 0 Å². The first-order valence-corrected chi connectivity index (χ1v) is 12.8. The molecule has 6 rings (SSSR count). The molecule has 5 aromatic rings. The Kier molecular flexibility index (Phi) is 5.66. The second kappa shape index (κ2) is 9.09. The molecular weight excluding hydrogens is 498 g/mol. The molecule has 162 valence electrons. The van der Waals surface area contributed by atoms with Gasteiger partial charge in [-0.3, -0.25) is 4.99 Å². The summed E-state index contributed by atoms with van der Waals surface area (Å²) < 4.78 is 1.09. The van der Waals surface area contributed by atoms with Crippen molar-refractivity contribution in [3.63, 3.8) is 0 Å². The lowest BCUT2D eigenvalue weighted by Gasteiger charge is -2.12. The quantitative estimate of drug-likeness (QED) is 0.227. The van der Waals surface area contributed by atoms with Crippen LogP contribution >= 0.6 is 27.7 Å². The van der Waals surface area contributed by atoms with E-state index in [0.29, 0.717) is 0 Å². The molecule has 1 nitrogen and oxygen atoms in total. The Morgan fingerprint density at radius 3 is 1.88 bits per heavy atom. The average molecular weight is 518 g/mol. The van der Waals surface area contributed by atoms with Crippen molar-refractivity contribution in [3.8, 4) is 33.4 Å². The molecule has 0 atom stereocenters. The lowest BCUT2D eigenvalue weighted by Crippen LogP contribution is -1.91. The van der Waals surface area contributed by atoms with Crippen LogP contribution in [0.3, 0.4) is 0 Å². The van der Waals surface area contributed by atoms with Gasteiger partial charge in [0.1, 0.15) is 0 Å². The van der Waals surface area contributed by atoms with Crippen molar-refractivity contribution in [3.05, 3.63) is 125 Å². The molecule has 0 saturated heterocycles. The van der Waals surface area contributed by atoms with Gasteiger partial charge in [0.05, 0.1) is 5.69 Å². The number of fused-ring (bicyclic) bond motifs is 2. The topological polar surface area (TPSA) is 12.4 Å². The smallest absolute Gasteiger partial charge is 0.0769 e. The lowest BCUT2D eigenvalue weighted by atomic mass is 9.94. The molecule has 0 bridgehead atoms. The van der Waals surface area contributed by atoms with Crippen molar-refractivity contribution in [2.24, 2.45) is 4.99 Å². The molecule has 0 amide bonds. The highest BCUT2D eigenvalue weighted by molar-refractivity contribution is 9.10. The van der Waals surface area contributed by atoms with E-state index < -0.39 is 0 Å². The van der Waals surface area contributed by atoms with Gasteiger partial charge in [0.15, 0.2) is 0 Å². The molecule has 0 unspecified atom stereocenters. The maximum absolute atomic E-state index is 4.80. The number of nitrogens with zero attached hydrogens (tertiary/aromatic N) is 1. The maximum Gasteiger partial charge on any atom is 0.0769 e. The molecule has 0 spiro atoms. The zero-order chi connectivity index (χ0) is 22.9. The monoisotopic (exact) mass is 517 g/mol. The van der Waals surface area contributed by atoms with Crippen LogP contribution in [0.1, 0.15) is 5.56 Å². The molecular formula is C31H20BrNS. The molecule has 0 saturated carbocycles. The van der Waals surface area contributed by atoms with Crippen molar-refractivity contribution in [2.45, 2.75) is 9.79 Å². The predicted octanol–water partition coefficient (Wildman–Crippen LogP) is 9.67. The fourth-order valence-corrected chi connectivity index (χ4v) is 5.76. The van der Waals surface area contributed by atoms with Crippen molar-refractivity contribution in [2.75, 3.05) is 0 Å². The van der Waals surface area contributed by atoms with E-state index >= 15 is 0 Å². The summed E-state index contributed by atoms with van der Waals surface area (Å²) in [5.74, 6) is 0. The van der Waals surface area contributed by atoms with Gasteiger partial charge in [-0.05, 0) is 75.8 Å². The lowest BCUT2D eigenvalue weighted by molar-refractivity contribution is 1.38. The van der Waals surface area contributed by atoms with Gasteiger partial charge in [0.25, 0.3) is 0 Å². The first kappa shape index (κ1) is 21.2. The van der Waals surface area contributed by atoms with E-state index in [4.69, 9.17) is 4.99 Å². The van der Waals surface area contributed by atoms with Crippen LogP contribution in [0, 0.1) is 0 Å². The van der Waals surface area contributed by atoms with Crippen LogP contribution in [0.15, 0.2) is 135 Å². The van der Waals surface area contributed by atoms with Gasteiger partial charge in [0, 0.05) is 26.0 Å².